The molecule has 0 radical (unpaired) electrons. The fourth-order valence-electron chi connectivity index (χ4n) is 2.57. The van der Waals surface area contributed by atoms with Crippen LogP contribution in [0.1, 0.15) is 38.2 Å². The van der Waals surface area contributed by atoms with Gasteiger partial charge in [-0.1, -0.05) is 29.2 Å². The van der Waals surface area contributed by atoms with E-state index in [-0.39, 0.29) is 17.3 Å². The Morgan fingerprint density at radius 1 is 1.50 bits per heavy atom. The molecule has 1 fully saturated rings. The first-order valence-electron chi connectivity index (χ1n) is 8.03. The summed E-state index contributed by atoms with van der Waals surface area (Å²) in [6.45, 7) is 2.27. The molecule has 1 atom stereocenters. The van der Waals surface area contributed by atoms with E-state index in [0.29, 0.717) is 12.4 Å². The molecule has 1 aliphatic carbocycles. The van der Waals surface area contributed by atoms with Gasteiger partial charge in [-0.2, -0.15) is 0 Å². The monoisotopic (exact) mass is 364 g/mol. The Balaban J connectivity index is 1.54. The summed E-state index contributed by atoms with van der Waals surface area (Å²) in [5.41, 5.74) is 2.57. The topological polar surface area (TPSA) is 77.0 Å². The van der Waals surface area contributed by atoms with Crippen molar-refractivity contribution in [1.82, 2.24) is 20.5 Å². The standard InChI is InChI=1S/C16H20N4O2S2/c1-11(24-16-20-19-10-23-16)14(21)18-9-12-5-4-8-17-15(12)22-13-6-2-3-7-13/h4-5,8,10-11,13H,2-3,6-7,9H2,1H3,(H,18,21). The van der Waals surface area contributed by atoms with Crippen LogP contribution in [-0.2, 0) is 11.3 Å². The lowest BCUT2D eigenvalue weighted by atomic mass is 10.2. The highest BCUT2D eigenvalue weighted by Gasteiger charge is 2.20. The molecule has 3 rings (SSSR count). The SMILES string of the molecule is CC(Sc1nncs1)C(=O)NCc1cccnc1OC1CCCC1. The van der Waals surface area contributed by atoms with Crippen molar-refractivity contribution in [3.05, 3.63) is 29.4 Å². The van der Waals surface area contributed by atoms with E-state index in [0.717, 1.165) is 22.7 Å². The molecule has 0 saturated heterocycles. The zero-order valence-electron chi connectivity index (χ0n) is 13.5. The molecule has 1 N–H and O–H groups in total. The van der Waals surface area contributed by atoms with Crippen LogP contribution in [0.5, 0.6) is 5.88 Å². The molecule has 1 unspecified atom stereocenters. The number of aromatic nitrogens is 3. The van der Waals surface area contributed by atoms with Crippen LogP contribution in [0, 0.1) is 0 Å². The first-order valence-corrected chi connectivity index (χ1v) is 9.79. The van der Waals surface area contributed by atoms with Gasteiger partial charge >= 0.3 is 0 Å². The third kappa shape index (κ3) is 4.67. The molecule has 1 saturated carbocycles. The molecule has 2 aromatic rings. The van der Waals surface area contributed by atoms with Crippen molar-refractivity contribution in [3.63, 3.8) is 0 Å². The number of thioether (sulfide) groups is 1. The van der Waals surface area contributed by atoms with Crippen molar-refractivity contribution in [2.45, 2.75) is 54.8 Å². The molecule has 6 nitrogen and oxygen atoms in total. The zero-order valence-corrected chi connectivity index (χ0v) is 15.1. The summed E-state index contributed by atoms with van der Waals surface area (Å²) in [5, 5.41) is 10.5. The number of nitrogens with zero attached hydrogens (tertiary/aromatic N) is 3. The van der Waals surface area contributed by atoms with Crippen LogP contribution >= 0.6 is 23.1 Å². The molecule has 8 heteroatoms. The largest absolute Gasteiger partial charge is 0.474 e. The first-order chi connectivity index (χ1) is 11.7. The summed E-state index contributed by atoms with van der Waals surface area (Å²) in [4.78, 5) is 16.6. The van der Waals surface area contributed by atoms with E-state index in [2.05, 4.69) is 20.5 Å². The van der Waals surface area contributed by atoms with Crippen molar-refractivity contribution >= 4 is 29.0 Å². The van der Waals surface area contributed by atoms with Gasteiger partial charge in [0.05, 0.1) is 5.25 Å². The lowest BCUT2D eigenvalue weighted by molar-refractivity contribution is -0.120. The number of hydrogen-bond acceptors (Lipinski definition) is 7. The maximum atomic E-state index is 12.3. The van der Waals surface area contributed by atoms with Gasteiger partial charge in [-0.25, -0.2) is 4.98 Å². The van der Waals surface area contributed by atoms with Gasteiger partial charge in [-0.15, -0.1) is 10.2 Å². The summed E-state index contributed by atoms with van der Waals surface area (Å²) in [7, 11) is 0. The third-order valence-electron chi connectivity index (χ3n) is 3.87. The summed E-state index contributed by atoms with van der Waals surface area (Å²) in [6.07, 6.45) is 6.56. The summed E-state index contributed by atoms with van der Waals surface area (Å²) in [6, 6.07) is 3.81. The van der Waals surface area contributed by atoms with Gasteiger partial charge in [0.25, 0.3) is 0 Å². The Bertz CT molecular complexity index is 660. The maximum Gasteiger partial charge on any atom is 0.233 e. The molecule has 1 amide bonds. The van der Waals surface area contributed by atoms with Crippen LogP contribution < -0.4 is 10.1 Å². The second-order valence-electron chi connectivity index (χ2n) is 5.67. The number of rotatable bonds is 7. The van der Waals surface area contributed by atoms with Crippen LogP contribution in [0.25, 0.3) is 0 Å². The quantitative estimate of drug-likeness (QED) is 0.761. The number of carbonyl (C=O) groups excluding carboxylic acids is 1. The molecular weight excluding hydrogens is 344 g/mol. The second kappa shape index (κ2) is 8.43. The predicted molar refractivity (Wildman–Crippen MR) is 94.2 cm³/mol. The van der Waals surface area contributed by atoms with E-state index in [9.17, 15) is 4.79 Å². The number of ether oxygens (including phenoxy) is 1. The van der Waals surface area contributed by atoms with Gasteiger partial charge in [0.2, 0.25) is 11.8 Å². The van der Waals surface area contributed by atoms with Crippen molar-refractivity contribution in [3.8, 4) is 5.88 Å². The van der Waals surface area contributed by atoms with E-state index in [1.54, 1.807) is 11.7 Å². The summed E-state index contributed by atoms with van der Waals surface area (Å²) < 4.78 is 6.80. The third-order valence-corrected chi connectivity index (χ3v) is 5.78. The smallest absolute Gasteiger partial charge is 0.233 e. The number of pyridine rings is 1. The Kier molecular flexibility index (Phi) is 6.03. The number of carbonyl (C=O) groups is 1. The van der Waals surface area contributed by atoms with E-state index in [1.807, 2.05) is 19.1 Å². The molecule has 0 aromatic carbocycles. The fourth-order valence-corrected chi connectivity index (χ4v) is 4.22. The lowest BCUT2D eigenvalue weighted by Crippen LogP contribution is -2.30. The van der Waals surface area contributed by atoms with Crippen LogP contribution in [0.2, 0.25) is 0 Å². The van der Waals surface area contributed by atoms with Gasteiger partial charge in [0.15, 0.2) is 4.34 Å². The Morgan fingerprint density at radius 2 is 2.33 bits per heavy atom. The lowest BCUT2D eigenvalue weighted by Gasteiger charge is -2.16. The van der Waals surface area contributed by atoms with Gasteiger partial charge in [-0.05, 0) is 38.7 Å². The Hall–Kier alpha value is -1.67. The number of hydrogen-bond donors (Lipinski definition) is 1. The highest BCUT2D eigenvalue weighted by molar-refractivity contribution is 8.02. The summed E-state index contributed by atoms with van der Waals surface area (Å²) >= 11 is 2.84. The molecule has 128 valence electrons. The number of nitrogens with one attached hydrogen (secondary N) is 1. The van der Waals surface area contributed by atoms with Crippen LogP contribution in [0.4, 0.5) is 0 Å². The van der Waals surface area contributed by atoms with Crippen LogP contribution in [0.3, 0.4) is 0 Å². The average molecular weight is 364 g/mol. The molecule has 0 spiro atoms. The zero-order chi connectivity index (χ0) is 16.8. The van der Waals surface area contributed by atoms with Crippen molar-refractivity contribution in [2.24, 2.45) is 0 Å². The number of amides is 1. The highest BCUT2D eigenvalue weighted by atomic mass is 32.2. The highest BCUT2D eigenvalue weighted by Crippen LogP contribution is 2.26. The molecule has 24 heavy (non-hydrogen) atoms. The fraction of sp³-hybridized carbons (Fsp3) is 0.500. The van der Waals surface area contributed by atoms with Gasteiger partial charge in [-0.3, -0.25) is 4.79 Å². The first kappa shape index (κ1) is 17.2. The van der Waals surface area contributed by atoms with E-state index in [4.69, 9.17) is 4.74 Å². The maximum absolute atomic E-state index is 12.3. The minimum atomic E-state index is -0.228. The predicted octanol–water partition coefficient (Wildman–Crippen LogP) is 3.05. The molecule has 0 bridgehead atoms. The van der Waals surface area contributed by atoms with Crippen molar-refractivity contribution < 1.29 is 9.53 Å². The second-order valence-corrected chi connectivity index (χ2v) is 8.10. The molecular formula is C16H20N4O2S2. The normalized spacial score (nSPS) is 16.0. The molecule has 2 aromatic heterocycles. The van der Waals surface area contributed by atoms with Gasteiger partial charge in [0, 0.05) is 18.3 Å². The van der Waals surface area contributed by atoms with Crippen LogP contribution in [-0.4, -0.2) is 32.4 Å². The van der Waals surface area contributed by atoms with E-state index in [1.165, 1.54) is 35.9 Å². The Morgan fingerprint density at radius 3 is 3.08 bits per heavy atom. The molecule has 2 heterocycles. The van der Waals surface area contributed by atoms with Crippen molar-refractivity contribution in [1.29, 1.82) is 0 Å². The van der Waals surface area contributed by atoms with Crippen molar-refractivity contribution in [2.75, 3.05) is 0 Å². The van der Waals surface area contributed by atoms with Gasteiger partial charge in [0.1, 0.15) is 11.6 Å². The Labute approximate surface area is 149 Å². The van der Waals surface area contributed by atoms with Gasteiger partial charge < -0.3 is 10.1 Å². The molecule has 1 aliphatic rings. The van der Waals surface area contributed by atoms with E-state index < -0.39 is 0 Å². The summed E-state index contributed by atoms with van der Waals surface area (Å²) in [5.74, 6) is 0.597. The molecule has 0 aliphatic heterocycles. The minimum absolute atomic E-state index is 0.0362. The van der Waals surface area contributed by atoms with Crippen LogP contribution in [0.15, 0.2) is 28.2 Å². The average Bonchev–Trinajstić information content (AvgIpc) is 3.27. The minimum Gasteiger partial charge on any atom is -0.474 e. The van der Waals surface area contributed by atoms with E-state index >= 15 is 0 Å².